The third kappa shape index (κ3) is 4.77. The maximum absolute atomic E-state index is 10.9. The summed E-state index contributed by atoms with van der Waals surface area (Å²) in [6.07, 6.45) is 6.63. The van der Waals surface area contributed by atoms with Crippen LogP contribution in [0.4, 0.5) is 0 Å². The zero-order valence-electron chi connectivity index (χ0n) is 12.1. The Morgan fingerprint density at radius 2 is 2.11 bits per heavy atom. The van der Waals surface area contributed by atoms with E-state index in [2.05, 4.69) is 17.1 Å². The third-order valence-electron chi connectivity index (χ3n) is 4.54. The summed E-state index contributed by atoms with van der Waals surface area (Å²) in [7, 11) is 0. The lowest BCUT2D eigenvalue weighted by Gasteiger charge is -2.39. The average molecular weight is 268 g/mol. The number of piperidine rings is 1. The molecule has 0 radical (unpaired) electrons. The first-order chi connectivity index (χ1) is 9.17. The molecular formula is C15H28N2O2. The lowest BCUT2D eigenvalue weighted by Crippen LogP contribution is -2.51. The average Bonchev–Trinajstić information content (AvgIpc) is 2.26. The molecule has 0 bridgehead atoms. The molecule has 0 amide bonds. The second-order valence-electron chi connectivity index (χ2n) is 6.36. The first-order valence-electron chi connectivity index (χ1n) is 7.85. The van der Waals surface area contributed by atoms with Gasteiger partial charge in [-0.05, 0) is 50.6 Å². The molecule has 0 aromatic rings. The molecule has 1 saturated carbocycles. The Kier molecular flexibility index (Phi) is 5.64. The van der Waals surface area contributed by atoms with Crippen LogP contribution >= 0.6 is 0 Å². The van der Waals surface area contributed by atoms with Gasteiger partial charge in [0, 0.05) is 25.6 Å². The molecule has 2 unspecified atom stereocenters. The van der Waals surface area contributed by atoms with Gasteiger partial charge in [0.1, 0.15) is 0 Å². The molecule has 1 aliphatic carbocycles. The number of nitrogens with one attached hydrogen (secondary N) is 1. The predicted octanol–water partition coefficient (Wildman–Crippen LogP) is 1.95. The lowest BCUT2D eigenvalue weighted by atomic mass is 9.84. The summed E-state index contributed by atoms with van der Waals surface area (Å²) in [5, 5.41) is 12.7. The third-order valence-corrected chi connectivity index (χ3v) is 4.54. The van der Waals surface area contributed by atoms with Crippen molar-refractivity contribution in [3.05, 3.63) is 0 Å². The largest absolute Gasteiger partial charge is 0.481 e. The van der Waals surface area contributed by atoms with Crippen LogP contribution in [0.3, 0.4) is 0 Å². The molecule has 2 fully saturated rings. The number of rotatable bonds is 7. The van der Waals surface area contributed by atoms with E-state index in [-0.39, 0.29) is 0 Å². The molecule has 2 aliphatic rings. The molecule has 1 saturated heterocycles. The maximum Gasteiger partial charge on any atom is 0.303 e. The molecule has 110 valence electrons. The summed E-state index contributed by atoms with van der Waals surface area (Å²) in [5.74, 6) is 0.539. The van der Waals surface area contributed by atoms with Gasteiger partial charge in [-0.15, -0.1) is 0 Å². The number of hydrogen-bond acceptors (Lipinski definition) is 3. The number of carboxylic acid groups (broad SMARTS) is 1. The molecule has 1 aliphatic heterocycles. The van der Waals surface area contributed by atoms with Crippen molar-refractivity contribution in [1.29, 1.82) is 0 Å². The minimum atomic E-state index is -0.652. The fourth-order valence-electron chi connectivity index (χ4n) is 3.37. The number of nitrogens with zero attached hydrogens (tertiary/aromatic N) is 1. The Morgan fingerprint density at radius 1 is 1.32 bits per heavy atom. The number of aliphatic carboxylic acids is 1. The van der Waals surface area contributed by atoms with Crippen molar-refractivity contribution < 1.29 is 9.90 Å². The van der Waals surface area contributed by atoms with Crippen molar-refractivity contribution in [3.8, 4) is 0 Å². The van der Waals surface area contributed by atoms with Crippen LogP contribution in [0.15, 0.2) is 0 Å². The van der Waals surface area contributed by atoms with Gasteiger partial charge in [0.05, 0.1) is 0 Å². The van der Waals surface area contributed by atoms with Gasteiger partial charge in [-0.1, -0.05) is 13.3 Å². The van der Waals surface area contributed by atoms with Crippen molar-refractivity contribution in [1.82, 2.24) is 10.2 Å². The van der Waals surface area contributed by atoms with Crippen LogP contribution < -0.4 is 5.32 Å². The predicted molar refractivity (Wildman–Crippen MR) is 76.2 cm³/mol. The van der Waals surface area contributed by atoms with Gasteiger partial charge in [-0.25, -0.2) is 0 Å². The van der Waals surface area contributed by atoms with E-state index >= 15 is 0 Å². The molecular weight excluding hydrogens is 240 g/mol. The minimum absolute atomic E-state index is 0.316. The fraction of sp³-hybridized carbons (Fsp3) is 0.933. The zero-order chi connectivity index (χ0) is 13.7. The van der Waals surface area contributed by atoms with Gasteiger partial charge >= 0.3 is 5.97 Å². The second-order valence-corrected chi connectivity index (χ2v) is 6.36. The van der Waals surface area contributed by atoms with Crippen LogP contribution in [0, 0.1) is 11.8 Å². The summed E-state index contributed by atoms with van der Waals surface area (Å²) in [6.45, 7) is 6.47. The fourth-order valence-corrected chi connectivity index (χ4v) is 3.37. The maximum atomic E-state index is 10.9. The van der Waals surface area contributed by atoms with Gasteiger partial charge in [-0.2, -0.15) is 0 Å². The van der Waals surface area contributed by atoms with E-state index in [9.17, 15) is 4.79 Å². The Hall–Kier alpha value is -0.610. The smallest absolute Gasteiger partial charge is 0.303 e. The molecule has 4 heteroatoms. The Labute approximate surface area is 116 Å². The van der Waals surface area contributed by atoms with E-state index in [4.69, 9.17) is 5.11 Å². The highest BCUT2D eigenvalue weighted by atomic mass is 16.4. The molecule has 4 nitrogen and oxygen atoms in total. The van der Waals surface area contributed by atoms with E-state index in [0.29, 0.717) is 18.4 Å². The molecule has 19 heavy (non-hydrogen) atoms. The van der Waals surface area contributed by atoms with Crippen LogP contribution in [-0.4, -0.2) is 48.2 Å². The quantitative estimate of drug-likeness (QED) is 0.741. The Bertz CT molecular complexity index is 292. The topological polar surface area (TPSA) is 52.6 Å². The lowest BCUT2D eigenvalue weighted by molar-refractivity contribution is -0.138. The van der Waals surface area contributed by atoms with Crippen molar-refractivity contribution in [2.75, 3.05) is 26.2 Å². The number of carbonyl (C=O) groups is 1. The SMILES string of the molecule is CCCN1CC(CC(=O)O)CC(NCC2CCC2)C1. The Balaban J connectivity index is 1.79. The highest BCUT2D eigenvalue weighted by Crippen LogP contribution is 2.26. The van der Waals surface area contributed by atoms with Gasteiger partial charge < -0.3 is 15.3 Å². The second kappa shape index (κ2) is 7.25. The van der Waals surface area contributed by atoms with Crippen LogP contribution in [0.2, 0.25) is 0 Å². The van der Waals surface area contributed by atoms with Gasteiger partial charge in [0.25, 0.3) is 0 Å². The molecule has 2 atom stereocenters. The number of carboxylic acids is 1. The van der Waals surface area contributed by atoms with Crippen molar-refractivity contribution in [3.63, 3.8) is 0 Å². The molecule has 0 spiro atoms. The van der Waals surface area contributed by atoms with Gasteiger partial charge in [0.15, 0.2) is 0 Å². The van der Waals surface area contributed by atoms with Gasteiger partial charge in [0.2, 0.25) is 0 Å². The standard InChI is InChI=1S/C15H28N2O2/c1-2-6-17-10-13(8-15(18)19)7-14(11-17)16-9-12-4-3-5-12/h12-14,16H,2-11H2,1H3,(H,18,19). The number of hydrogen-bond donors (Lipinski definition) is 2. The summed E-state index contributed by atoms with van der Waals surface area (Å²) < 4.78 is 0. The summed E-state index contributed by atoms with van der Waals surface area (Å²) in [6, 6.07) is 0.491. The van der Waals surface area contributed by atoms with E-state index in [0.717, 1.165) is 44.9 Å². The minimum Gasteiger partial charge on any atom is -0.481 e. The summed E-state index contributed by atoms with van der Waals surface area (Å²) in [5.41, 5.74) is 0. The first-order valence-corrected chi connectivity index (χ1v) is 7.85. The summed E-state index contributed by atoms with van der Waals surface area (Å²) >= 11 is 0. The normalized spacial score (nSPS) is 29.1. The van der Waals surface area contributed by atoms with Crippen molar-refractivity contribution in [2.45, 2.75) is 51.5 Å². The monoisotopic (exact) mass is 268 g/mol. The molecule has 1 heterocycles. The first kappa shape index (κ1) is 14.8. The van der Waals surface area contributed by atoms with E-state index in [1.807, 2.05) is 0 Å². The van der Waals surface area contributed by atoms with E-state index in [1.54, 1.807) is 0 Å². The van der Waals surface area contributed by atoms with Crippen molar-refractivity contribution in [2.24, 2.45) is 11.8 Å². The molecule has 2 N–H and O–H groups in total. The van der Waals surface area contributed by atoms with E-state index < -0.39 is 5.97 Å². The van der Waals surface area contributed by atoms with Crippen molar-refractivity contribution >= 4 is 5.97 Å². The van der Waals surface area contributed by atoms with Crippen LogP contribution in [0.1, 0.15) is 45.4 Å². The number of likely N-dealkylation sites (tertiary alicyclic amines) is 1. The highest BCUT2D eigenvalue weighted by Gasteiger charge is 2.29. The van der Waals surface area contributed by atoms with Crippen LogP contribution in [0.25, 0.3) is 0 Å². The van der Waals surface area contributed by atoms with Crippen LogP contribution in [-0.2, 0) is 4.79 Å². The Morgan fingerprint density at radius 3 is 2.68 bits per heavy atom. The zero-order valence-corrected chi connectivity index (χ0v) is 12.1. The molecule has 0 aromatic heterocycles. The molecule has 2 rings (SSSR count). The van der Waals surface area contributed by atoms with Gasteiger partial charge in [-0.3, -0.25) is 4.79 Å². The van der Waals surface area contributed by atoms with E-state index in [1.165, 1.54) is 19.3 Å². The summed E-state index contributed by atoms with van der Waals surface area (Å²) in [4.78, 5) is 13.4. The highest BCUT2D eigenvalue weighted by molar-refractivity contribution is 5.67. The van der Waals surface area contributed by atoms with Crippen LogP contribution in [0.5, 0.6) is 0 Å². The molecule has 0 aromatic carbocycles.